The Morgan fingerprint density at radius 1 is 1.43 bits per heavy atom. The maximum atomic E-state index is 11.5. The van der Waals surface area contributed by atoms with Gasteiger partial charge in [-0.15, -0.1) is 0 Å². The molecule has 1 saturated heterocycles. The highest BCUT2D eigenvalue weighted by Crippen LogP contribution is 2.44. The van der Waals surface area contributed by atoms with Crippen LogP contribution in [0.4, 0.5) is 0 Å². The maximum absolute atomic E-state index is 11.5. The van der Waals surface area contributed by atoms with Crippen LogP contribution in [0.25, 0.3) is 11.0 Å². The highest BCUT2D eigenvalue weighted by atomic mass is 16.5. The Bertz CT molecular complexity index is 803. The van der Waals surface area contributed by atoms with E-state index < -0.39 is 5.97 Å². The molecule has 2 aromatic heterocycles. The van der Waals surface area contributed by atoms with Gasteiger partial charge in [-0.1, -0.05) is 0 Å². The summed E-state index contributed by atoms with van der Waals surface area (Å²) in [6.45, 7) is 0.670. The molecule has 0 spiro atoms. The number of hydrogen-bond acceptors (Lipinski definition) is 5. The molecule has 2 atom stereocenters. The van der Waals surface area contributed by atoms with Crippen molar-refractivity contribution in [2.75, 3.05) is 6.61 Å². The highest BCUT2D eigenvalue weighted by Gasteiger charge is 2.48. The van der Waals surface area contributed by atoms with Crippen molar-refractivity contribution in [1.29, 1.82) is 0 Å². The summed E-state index contributed by atoms with van der Waals surface area (Å²) in [6.07, 6.45) is 7.30. The van der Waals surface area contributed by atoms with Gasteiger partial charge in [-0.05, 0) is 31.7 Å². The number of fused-ring (bicyclic) bond motifs is 3. The minimum Gasteiger partial charge on any atom is -0.477 e. The zero-order valence-electron chi connectivity index (χ0n) is 12.6. The molecule has 2 aliphatic carbocycles. The number of hydrogen-bond donors (Lipinski definition) is 1. The van der Waals surface area contributed by atoms with Gasteiger partial charge >= 0.3 is 5.97 Å². The van der Waals surface area contributed by atoms with E-state index in [9.17, 15) is 9.90 Å². The van der Waals surface area contributed by atoms with Gasteiger partial charge in [-0.25, -0.2) is 4.79 Å². The first-order chi connectivity index (χ1) is 11.1. The lowest BCUT2D eigenvalue weighted by Crippen LogP contribution is -2.33. The summed E-state index contributed by atoms with van der Waals surface area (Å²) < 4.78 is 13.3. The van der Waals surface area contributed by atoms with E-state index in [0.717, 1.165) is 37.5 Å². The lowest BCUT2D eigenvalue weighted by Gasteiger charge is -2.25. The van der Waals surface area contributed by atoms with Gasteiger partial charge in [0, 0.05) is 18.0 Å². The lowest BCUT2D eigenvalue weighted by atomic mass is 10.0. The summed E-state index contributed by atoms with van der Waals surface area (Å²) in [5.41, 5.74) is 0.551. The SMILES string of the molecule is O=C(O)c1cc2cn(C34CCC(C3)OC4)nc2nc1OC1CC1. The predicted molar refractivity (Wildman–Crippen MR) is 79.7 cm³/mol. The molecule has 120 valence electrons. The minimum atomic E-state index is -1.02. The first-order valence-corrected chi connectivity index (χ1v) is 8.05. The number of carboxylic acid groups (broad SMARTS) is 1. The summed E-state index contributed by atoms with van der Waals surface area (Å²) in [7, 11) is 0. The number of carbonyl (C=O) groups is 1. The second-order valence-corrected chi connectivity index (χ2v) is 6.85. The van der Waals surface area contributed by atoms with Crippen LogP contribution in [0.1, 0.15) is 42.5 Å². The average molecular weight is 315 g/mol. The van der Waals surface area contributed by atoms with E-state index in [2.05, 4.69) is 10.1 Å². The number of nitrogens with zero attached hydrogens (tertiary/aromatic N) is 3. The zero-order valence-corrected chi connectivity index (χ0v) is 12.6. The summed E-state index contributed by atoms with van der Waals surface area (Å²) in [6, 6.07) is 1.62. The molecule has 1 N–H and O–H groups in total. The molecule has 5 rings (SSSR count). The molecular weight excluding hydrogens is 298 g/mol. The first-order valence-electron chi connectivity index (χ1n) is 8.05. The zero-order chi connectivity index (χ0) is 15.6. The molecular formula is C16H17N3O4. The van der Waals surface area contributed by atoms with Crippen molar-refractivity contribution in [1.82, 2.24) is 14.8 Å². The monoisotopic (exact) mass is 315 g/mol. The second-order valence-electron chi connectivity index (χ2n) is 6.85. The maximum Gasteiger partial charge on any atom is 0.341 e. The smallest absolute Gasteiger partial charge is 0.341 e. The lowest BCUT2D eigenvalue weighted by molar-refractivity contribution is 0.0509. The molecule has 2 unspecified atom stereocenters. The third-order valence-corrected chi connectivity index (χ3v) is 5.11. The average Bonchev–Trinajstić information content (AvgIpc) is 2.99. The molecule has 3 heterocycles. The Labute approximate surface area is 132 Å². The number of rotatable bonds is 4. The van der Waals surface area contributed by atoms with E-state index in [1.165, 1.54) is 0 Å². The molecule has 7 heteroatoms. The molecule has 0 aromatic carbocycles. The first kappa shape index (κ1) is 13.3. The van der Waals surface area contributed by atoms with Gasteiger partial charge in [0.2, 0.25) is 5.88 Å². The van der Waals surface area contributed by atoms with Crippen LogP contribution < -0.4 is 4.74 Å². The largest absolute Gasteiger partial charge is 0.477 e. The minimum absolute atomic E-state index is 0.0910. The van der Waals surface area contributed by atoms with Crippen LogP contribution >= 0.6 is 0 Å². The van der Waals surface area contributed by atoms with E-state index in [1.807, 2.05) is 10.9 Å². The molecule has 2 aromatic rings. The molecule has 0 amide bonds. The Hall–Kier alpha value is -2.15. The van der Waals surface area contributed by atoms with E-state index in [1.54, 1.807) is 6.07 Å². The third-order valence-electron chi connectivity index (χ3n) is 5.11. The molecule has 2 bridgehead atoms. The number of ether oxygens (including phenoxy) is 2. The number of carboxylic acids is 1. The van der Waals surface area contributed by atoms with Gasteiger partial charge in [0.15, 0.2) is 5.65 Å². The van der Waals surface area contributed by atoms with Gasteiger partial charge in [0.25, 0.3) is 0 Å². The van der Waals surface area contributed by atoms with Crippen molar-refractivity contribution in [3.63, 3.8) is 0 Å². The van der Waals surface area contributed by atoms with E-state index in [-0.39, 0.29) is 23.1 Å². The predicted octanol–water partition coefficient (Wildman–Crippen LogP) is 1.95. The Balaban J connectivity index is 1.60. The normalized spacial score (nSPS) is 29.3. The standard InChI is InChI=1S/C16H17N3O4/c20-15(21)12-5-9-7-19(16-4-3-11(6-16)22-8-16)18-13(9)17-14(12)23-10-1-2-10/h5,7,10-11H,1-4,6,8H2,(H,20,21). The molecule has 2 saturated carbocycles. The number of aromatic nitrogens is 3. The Kier molecular flexibility index (Phi) is 2.57. The summed E-state index contributed by atoms with van der Waals surface area (Å²) >= 11 is 0. The quantitative estimate of drug-likeness (QED) is 0.928. The third kappa shape index (κ3) is 2.03. The van der Waals surface area contributed by atoms with Crippen LogP contribution in [0, 0.1) is 0 Å². The van der Waals surface area contributed by atoms with Crippen molar-refractivity contribution < 1.29 is 19.4 Å². The van der Waals surface area contributed by atoms with Crippen molar-refractivity contribution in [3.8, 4) is 5.88 Å². The van der Waals surface area contributed by atoms with Crippen LogP contribution in [0.3, 0.4) is 0 Å². The van der Waals surface area contributed by atoms with E-state index in [0.29, 0.717) is 18.4 Å². The second kappa shape index (κ2) is 4.44. The van der Waals surface area contributed by atoms with Gasteiger partial charge in [-0.2, -0.15) is 10.1 Å². The van der Waals surface area contributed by atoms with Gasteiger partial charge in [-0.3, -0.25) is 4.68 Å². The molecule has 1 aliphatic heterocycles. The molecule has 0 radical (unpaired) electrons. The molecule has 3 fully saturated rings. The fourth-order valence-electron chi connectivity index (χ4n) is 3.65. The van der Waals surface area contributed by atoms with Crippen LogP contribution in [0.15, 0.2) is 12.3 Å². The molecule has 7 nitrogen and oxygen atoms in total. The van der Waals surface area contributed by atoms with E-state index >= 15 is 0 Å². The summed E-state index contributed by atoms with van der Waals surface area (Å²) in [5.74, 6) is -0.840. The number of pyridine rings is 1. The topological polar surface area (TPSA) is 86.5 Å². The Morgan fingerprint density at radius 2 is 2.30 bits per heavy atom. The summed E-state index contributed by atoms with van der Waals surface area (Å²) in [4.78, 5) is 15.9. The Morgan fingerprint density at radius 3 is 2.91 bits per heavy atom. The van der Waals surface area contributed by atoms with Crippen molar-refractivity contribution in [3.05, 3.63) is 17.8 Å². The van der Waals surface area contributed by atoms with E-state index in [4.69, 9.17) is 9.47 Å². The van der Waals surface area contributed by atoms with Crippen molar-refractivity contribution in [2.45, 2.75) is 49.9 Å². The van der Waals surface area contributed by atoms with Crippen molar-refractivity contribution >= 4 is 17.0 Å². The fourth-order valence-corrected chi connectivity index (χ4v) is 3.65. The van der Waals surface area contributed by atoms with Gasteiger partial charge < -0.3 is 14.6 Å². The molecule has 23 heavy (non-hydrogen) atoms. The van der Waals surface area contributed by atoms with Gasteiger partial charge in [0.05, 0.1) is 18.2 Å². The number of aromatic carboxylic acids is 1. The van der Waals surface area contributed by atoms with Crippen molar-refractivity contribution in [2.24, 2.45) is 0 Å². The van der Waals surface area contributed by atoms with Crippen LogP contribution in [0.2, 0.25) is 0 Å². The van der Waals surface area contributed by atoms with Crippen LogP contribution in [-0.2, 0) is 10.3 Å². The fraction of sp³-hybridized carbons (Fsp3) is 0.562. The van der Waals surface area contributed by atoms with Crippen LogP contribution in [-0.4, -0.2) is 44.7 Å². The summed E-state index contributed by atoms with van der Waals surface area (Å²) in [5, 5.41) is 14.8. The van der Waals surface area contributed by atoms with Gasteiger partial charge in [0.1, 0.15) is 11.7 Å². The highest BCUT2D eigenvalue weighted by molar-refractivity contribution is 5.94. The van der Waals surface area contributed by atoms with Crippen LogP contribution in [0.5, 0.6) is 5.88 Å². The molecule has 3 aliphatic rings.